The number of carbonyl (C=O) groups excluding carboxylic acids is 1. The zero-order valence-corrected chi connectivity index (χ0v) is 17.5. The van der Waals surface area contributed by atoms with Gasteiger partial charge >= 0.3 is 0 Å². The first-order valence-electron chi connectivity index (χ1n) is 8.51. The maximum atomic E-state index is 13.2. The zero-order chi connectivity index (χ0) is 21.6. The van der Waals surface area contributed by atoms with Gasteiger partial charge in [0.2, 0.25) is 15.6 Å². The highest BCUT2D eigenvalue weighted by molar-refractivity contribution is 7.91. The third-order valence-corrected chi connectivity index (χ3v) is 5.87. The number of carbonyl (C=O) groups is 1. The highest BCUT2D eigenvalue weighted by Crippen LogP contribution is 2.40. The third-order valence-electron chi connectivity index (χ3n) is 4.14. The van der Waals surface area contributed by atoms with E-state index in [-0.39, 0.29) is 32.6 Å². The summed E-state index contributed by atoms with van der Waals surface area (Å²) in [5.41, 5.74) is 5.86. The smallest absolute Gasteiger partial charge is 0.250 e. The number of nitrogens with one attached hydrogen (secondary N) is 1. The topological polar surface area (TPSA) is 126 Å². The molecule has 0 saturated carbocycles. The molecule has 29 heavy (non-hydrogen) atoms. The molecule has 0 saturated heterocycles. The van der Waals surface area contributed by atoms with Crippen LogP contribution in [-0.4, -0.2) is 55.9 Å². The summed E-state index contributed by atoms with van der Waals surface area (Å²) in [6.07, 6.45) is 0. The molecule has 2 aromatic rings. The average Bonchev–Trinajstić information content (AvgIpc) is 2.72. The Labute approximate surface area is 169 Å². The lowest BCUT2D eigenvalue weighted by Crippen LogP contribution is -2.17. The van der Waals surface area contributed by atoms with Crippen molar-refractivity contribution in [2.45, 2.75) is 9.79 Å². The fraction of sp³-hybridized carbons (Fsp3) is 0.316. The molecule has 0 heterocycles. The van der Waals surface area contributed by atoms with Crippen LogP contribution in [0, 0.1) is 0 Å². The maximum Gasteiger partial charge on any atom is 0.250 e. The Morgan fingerprint density at radius 1 is 0.966 bits per heavy atom. The number of amides is 1. The number of hydrogen-bond donors (Lipinski definition) is 2. The van der Waals surface area contributed by atoms with Gasteiger partial charge < -0.3 is 30.0 Å². The Bertz CT molecular complexity index is 965. The Hall–Kier alpha value is -2.98. The van der Waals surface area contributed by atoms with Crippen molar-refractivity contribution < 1.29 is 32.2 Å². The predicted octanol–water partition coefficient (Wildman–Crippen LogP) is 1.70. The number of nitrogens with two attached hydrogens (primary N) is 1. The summed E-state index contributed by atoms with van der Waals surface area (Å²) in [4.78, 5) is 11.6. The molecule has 0 fully saturated rings. The number of ether oxygens (including phenoxy) is 4. The van der Waals surface area contributed by atoms with Crippen molar-refractivity contribution in [2.24, 2.45) is 5.73 Å². The van der Waals surface area contributed by atoms with E-state index in [0.717, 1.165) is 0 Å². The van der Waals surface area contributed by atoms with Gasteiger partial charge in [0.25, 0.3) is 5.91 Å². The highest BCUT2D eigenvalue weighted by atomic mass is 32.2. The molecular formula is C19H24N2O7S. The molecule has 158 valence electrons. The number of sulfone groups is 1. The Morgan fingerprint density at radius 2 is 1.59 bits per heavy atom. The lowest BCUT2D eigenvalue weighted by atomic mass is 10.1. The van der Waals surface area contributed by atoms with Gasteiger partial charge in [-0.15, -0.1) is 0 Å². The zero-order valence-electron chi connectivity index (χ0n) is 16.6. The number of methoxy groups -OCH3 is 4. The van der Waals surface area contributed by atoms with Crippen LogP contribution in [0.2, 0.25) is 0 Å². The lowest BCUT2D eigenvalue weighted by Gasteiger charge is -2.15. The van der Waals surface area contributed by atoms with Gasteiger partial charge in [0.05, 0.1) is 43.3 Å². The molecule has 0 bridgehead atoms. The number of hydrogen-bond acceptors (Lipinski definition) is 8. The number of primary amides is 1. The van der Waals surface area contributed by atoms with Gasteiger partial charge in [0.1, 0.15) is 0 Å². The maximum absolute atomic E-state index is 13.2. The fourth-order valence-corrected chi connectivity index (χ4v) is 4.00. The van der Waals surface area contributed by atoms with Crippen LogP contribution < -0.4 is 25.3 Å². The largest absolute Gasteiger partial charge is 0.493 e. The van der Waals surface area contributed by atoms with E-state index in [4.69, 9.17) is 24.7 Å². The summed E-state index contributed by atoms with van der Waals surface area (Å²) in [6.45, 7) is 0.729. The van der Waals surface area contributed by atoms with Gasteiger partial charge in [-0.1, -0.05) is 0 Å². The summed E-state index contributed by atoms with van der Waals surface area (Å²) in [6, 6.07) is 6.73. The van der Waals surface area contributed by atoms with Crippen LogP contribution in [0.5, 0.6) is 17.2 Å². The van der Waals surface area contributed by atoms with Crippen molar-refractivity contribution in [3.05, 3.63) is 35.9 Å². The van der Waals surface area contributed by atoms with Crippen LogP contribution >= 0.6 is 0 Å². The summed E-state index contributed by atoms with van der Waals surface area (Å²) in [5.74, 6) is 0.0110. The summed E-state index contributed by atoms with van der Waals surface area (Å²) in [5, 5.41) is 2.96. The first-order valence-corrected chi connectivity index (χ1v) is 10.00. The van der Waals surface area contributed by atoms with Crippen LogP contribution in [0.4, 0.5) is 5.69 Å². The van der Waals surface area contributed by atoms with E-state index in [1.165, 1.54) is 58.8 Å². The molecule has 0 aliphatic carbocycles. The number of anilines is 1. The van der Waals surface area contributed by atoms with E-state index in [1.807, 2.05) is 0 Å². The second-order valence-corrected chi connectivity index (χ2v) is 7.81. The third kappa shape index (κ3) is 4.72. The van der Waals surface area contributed by atoms with Crippen molar-refractivity contribution >= 4 is 21.4 Å². The summed E-state index contributed by atoms with van der Waals surface area (Å²) < 4.78 is 47.1. The first-order chi connectivity index (χ1) is 13.8. The van der Waals surface area contributed by atoms with Crippen molar-refractivity contribution in [3.8, 4) is 17.2 Å². The molecule has 2 rings (SSSR count). The van der Waals surface area contributed by atoms with Crippen LogP contribution in [0.1, 0.15) is 10.4 Å². The quantitative estimate of drug-likeness (QED) is 0.552. The first kappa shape index (κ1) is 22.3. The van der Waals surface area contributed by atoms with Gasteiger partial charge in [-0.2, -0.15) is 0 Å². The molecule has 0 unspecified atom stereocenters. The minimum atomic E-state index is -3.96. The van der Waals surface area contributed by atoms with E-state index >= 15 is 0 Å². The Morgan fingerprint density at radius 3 is 2.07 bits per heavy atom. The minimum absolute atomic E-state index is 0.0308. The van der Waals surface area contributed by atoms with E-state index in [9.17, 15) is 13.2 Å². The van der Waals surface area contributed by atoms with Crippen molar-refractivity contribution in [1.82, 2.24) is 0 Å². The van der Waals surface area contributed by atoms with Gasteiger partial charge in [-0.05, 0) is 18.2 Å². The Kier molecular flexibility index (Phi) is 7.29. The molecule has 0 aliphatic rings. The Balaban J connectivity index is 2.58. The molecule has 10 heteroatoms. The van der Waals surface area contributed by atoms with Crippen LogP contribution in [0.3, 0.4) is 0 Å². The van der Waals surface area contributed by atoms with Gasteiger partial charge in [-0.25, -0.2) is 8.42 Å². The van der Waals surface area contributed by atoms with Crippen molar-refractivity contribution in [3.63, 3.8) is 0 Å². The van der Waals surface area contributed by atoms with E-state index in [0.29, 0.717) is 18.8 Å². The molecule has 0 spiro atoms. The molecular weight excluding hydrogens is 400 g/mol. The monoisotopic (exact) mass is 424 g/mol. The summed E-state index contributed by atoms with van der Waals surface area (Å²) >= 11 is 0. The predicted molar refractivity (Wildman–Crippen MR) is 107 cm³/mol. The highest BCUT2D eigenvalue weighted by Gasteiger charge is 2.24. The molecule has 3 N–H and O–H groups in total. The second-order valence-electron chi connectivity index (χ2n) is 5.86. The minimum Gasteiger partial charge on any atom is -0.493 e. The molecule has 9 nitrogen and oxygen atoms in total. The number of benzene rings is 2. The van der Waals surface area contributed by atoms with Crippen LogP contribution in [-0.2, 0) is 14.6 Å². The van der Waals surface area contributed by atoms with Crippen molar-refractivity contribution in [2.75, 3.05) is 46.9 Å². The normalized spacial score (nSPS) is 11.0. The van der Waals surface area contributed by atoms with E-state index < -0.39 is 15.7 Å². The molecule has 0 atom stereocenters. The second kappa shape index (κ2) is 9.48. The lowest BCUT2D eigenvalue weighted by molar-refractivity contribution is 0.100. The van der Waals surface area contributed by atoms with Crippen LogP contribution in [0.25, 0.3) is 0 Å². The van der Waals surface area contributed by atoms with E-state index in [2.05, 4.69) is 5.32 Å². The SMILES string of the molecule is COCCNc1cc(S(=O)(=O)c2cc(OC)c(OC)c(OC)c2)ccc1C(N)=O. The molecule has 1 amide bonds. The molecule has 2 aromatic carbocycles. The summed E-state index contributed by atoms with van der Waals surface area (Å²) in [7, 11) is 1.78. The standard InChI is InChI=1S/C19H24N2O7S/c1-25-8-7-21-15-9-12(5-6-14(15)19(20)22)29(23,24)13-10-16(26-2)18(28-4)17(11-13)27-3/h5-6,9-11,21H,7-8H2,1-4H3,(H2,20,22). The molecule has 0 aromatic heterocycles. The number of rotatable bonds is 10. The van der Waals surface area contributed by atoms with Gasteiger partial charge in [0, 0.05) is 31.5 Å². The van der Waals surface area contributed by atoms with Crippen molar-refractivity contribution in [1.29, 1.82) is 0 Å². The van der Waals surface area contributed by atoms with Gasteiger partial charge in [0.15, 0.2) is 11.5 Å². The average molecular weight is 424 g/mol. The van der Waals surface area contributed by atoms with Crippen LogP contribution in [0.15, 0.2) is 40.1 Å². The van der Waals surface area contributed by atoms with E-state index in [1.54, 1.807) is 0 Å². The molecule has 0 radical (unpaired) electrons. The molecule has 0 aliphatic heterocycles. The van der Waals surface area contributed by atoms with Gasteiger partial charge in [-0.3, -0.25) is 4.79 Å². The fourth-order valence-electron chi connectivity index (χ4n) is 2.69.